The van der Waals surface area contributed by atoms with Crippen molar-refractivity contribution in [3.05, 3.63) is 34.3 Å². The number of Topliss-reactive ketones (excluding diaryl/α,β-unsaturated/α-hetero) is 1. The molecule has 0 amide bonds. The molecule has 1 aromatic carbocycles. The molecule has 0 saturated heterocycles. The van der Waals surface area contributed by atoms with Crippen LogP contribution >= 0.6 is 11.6 Å². The number of rotatable bonds is 2. The van der Waals surface area contributed by atoms with Crippen LogP contribution < -0.4 is 0 Å². The van der Waals surface area contributed by atoms with E-state index in [0.29, 0.717) is 6.42 Å². The highest BCUT2D eigenvalue weighted by molar-refractivity contribution is 6.31. The van der Waals surface area contributed by atoms with Gasteiger partial charge in [0, 0.05) is 11.4 Å². The SMILES string of the molecule is CC(=O)Cc1ccc(C)c(Cl)c1. The Kier molecular flexibility index (Phi) is 2.88. The Morgan fingerprint density at radius 1 is 1.50 bits per heavy atom. The fourth-order valence-corrected chi connectivity index (χ4v) is 1.24. The topological polar surface area (TPSA) is 17.1 Å². The van der Waals surface area contributed by atoms with Gasteiger partial charge in [-0.25, -0.2) is 0 Å². The Hall–Kier alpha value is -0.820. The zero-order valence-electron chi connectivity index (χ0n) is 7.23. The summed E-state index contributed by atoms with van der Waals surface area (Å²) in [6.45, 7) is 3.52. The number of halogens is 1. The van der Waals surface area contributed by atoms with Crippen LogP contribution in [0.4, 0.5) is 0 Å². The van der Waals surface area contributed by atoms with Gasteiger partial charge in [-0.3, -0.25) is 4.79 Å². The van der Waals surface area contributed by atoms with Crippen molar-refractivity contribution in [2.45, 2.75) is 20.3 Å². The van der Waals surface area contributed by atoms with Gasteiger partial charge in [-0.1, -0.05) is 23.7 Å². The molecule has 1 aromatic rings. The van der Waals surface area contributed by atoms with E-state index in [1.54, 1.807) is 6.92 Å². The molecule has 0 heterocycles. The Bertz CT molecular complexity index is 305. The second-order valence-corrected chi connectivity index (χ2v) is 3.37. The molecule has 0 atom stereocenters. The summed E-state index contributed by atoms with van der Waals surface area (Å²) in [6.07, 6.45) is 0.472. The standard InChI is InChI=1S/C10H11ClO/c1-7-3-4-9(5-8(2)12)6-10(7)11/h3-4,6H,5H2,1-2H3. The predicted molar refractivity (Wildman–Crippen MR) is 50.6 cm³/mol. The molecule has 2 heteroatoms. The number of carbonyl (C=O) groups is 1. The van der Waals surface area contributed by atoms with Crippen molar-refractivity contribution in [3.8, 4) is 0 Å². The minimum Gasteiger partial charge on any atom is -0.300 e. The maximum absolute atomic E-state index is 10.8. The van der Waals surface area contributed by atoms with Crippen LogP contribution in [0.15, 0.2) is 18.2 Å². The second kappa shape index (κ2) is 3.72. The van der Waals surface area contributed by atoms with E-state index in [0.717, 1.165) is 16.1 Å². The lowest BCUT2D eigenvalue weighted by atomic mass is 10.1. The Balaban J connectivity index is 2.89. The van der Waals surface area contributed by atoms with E-state index in [1.807, 2.05) is 25.1 Å². The van der Waals surface area contributed by atoms with Crippen molar-refractivity contribution >= 4 is 17.4 Å². The zero-order chi connectivity index (χ0) is 9.14. The van der Waals surface area contributed by atoms with Gasteiger partial charge in [0.2, 0.25) is 0 Å². The van der Waals surface area contributed by atoms with Gasteiger partial charge in [0.15, 0.2) is 0 Å². The Labute approximate surface area is 77.4 Å². The van der Waals surface area contributed by atoms with Gasteiger partial charge in [0.05, 0.1) is 0 Å². The van der Waals surface area contributed by atoms with E-state index in [4.69, 9.17) is 11.6 Å². The minimum atomic E-state index is 0.162. The van der Waals surface area contributed by atoms with E-state index in [2.05, 4.69) is 0 Å². The molecule has 0 unspecified atom stereocenters. The van der Waals surface area contributed by atoms with Crippen molar-refractivity contribution in [3.63, 3.8) is 0 Å². The van der Waals surface area contributed by atoms with Crippen LogP contribution in [0, 0.1) is 6.92 Å². The molecule has 0 saturated carbocycles. The fourth-order valence-electron chi connectivity index (χ4n) is 1.03. The average molecular weight is 183 g/mol. The molecular weight excluding hydrogens is 172 g/mol. The van der Waals surface area contributed by atoms with Gasteiger partial charge in [-0.05, 0) is 31.0 Å². The monoisotopic (exact) mass is 182 g/mol. The van der Waals surface area contributed by atoms with Crippen molar-refractivity contribution < 1.29 is 4.79 Å². The number of benzene rings is 1. The van der Waals surface area contributed by atoms with Crippen LogP contribution in [-0.2, 0) is 11.2 Å². The highest BCUT2D eigenvalue weighted by atomic mass is 35.5. The fraction of sp³-hybridized carbons (Fsp3) is 0.300. The summed E-state index contributed by atoms with van der Waals surface area (Å²) in [7, 11) is 0. The lowest BCUT2D eigenvalue weighted by molar-refractivity contribution is -0.116. The number of hydrogen-bond acceptors (Lipinski definition) is 1. The van der Waals surface area contributed by atoms with Crippen LogP contribution in [-0.4, -0.2) is 5.78 Å². The number of ketones is 1. The van der Waals surface area contributed by atoms with Gasteiger partial charge in [0.1, 0.15) is 5.78 Å². The van der Waals surface area contributed by atoms with E-state index >= 15 is 0 Å². The normalized spacial score (nSPS) is 9.92. The summed E-state index contributed by atoms with van der Waals surface area (Å²) < 4.78 is 0. The molecule has 1 nitrogen and oxygen atoms in total. The Morgan fingerprint density at radius 2 is 2.17 bits per heavy atom. The zero-order valence-corrected chi connectivity index (χ0v) is 7.98. The maximum atomic E-state index is 10.8. The van der Waals surface area contributed by atoms with Gasteiger partial charge in [-0.15, -0.1) is 0 Å². The molecule has 0 aliphatic carbocycles. The van der Waals surface area contributed by atoms with Gasteiger partial charge in [-0.2, -0.15) is 0 Å². The number of aryl methyl sites for hydroxylation is 1. The maximum Gasteiger partial charge on any atom is 0.134 e. The van der Waals surface area contributed by atoms with Gasteiger partial charge < -0.3 is 0 Å². The van der Waals surface area contributed by atoms with Crippen molar-refractivity contribution in [2.75, 3.05) is 0 Å². The lowest BCUT2D eigenvalue weighted by Crippen LogP contribution is -1.95. The highest BCUT2D eigenvalue weighted by Gasteiger charge is 1.99. The highest BCUT2D eigenvalue weighted by Crippen LogP contribution is 2.16. The molecule has 0 bridgehead atoms. The average Bonchev–Trinajstić information content (AvgIpc) is 1.96. The number of hydrogen-bond donors (Lipinski definition) is 0. The predicted octanol–water partition coefficient (Wildman–Crippen LogP) is 2.78. The molecule has 0 aliphatic heterocycles. The first-order valence-corrected chi connectivity index (χ1v) is 4.22. The molecule has 0 N–H and O–H groups in total. The van der Waals surface area contributed by atoms with Crippen LogP contribution in [0.5, 0.6) is 0 Å². The first-order valence-electron chi connectivity index (χ1n) is 3.84. The molecule has 64 valence electrons. The first kappa shape index (κ1) is 9.27. The van der Waals surface area contributed by atoms with Gasteiger partial charge in [0.25, 0.3) is 0 Å². The summed E-state index contributed by atoms with van der Waals surface area (Å²) in [5, 5.41) is 0.730. The molecular formula is C10H11ClO. The molecule has 1 rings (SSSR count). The van der Waals surface area contributed by atoms with Crippen molar-refractivity contribution in [1.82, 2.24) is 0 Å². The van der Waals surface area contributed by atoms with E-state index in [1.165, 1.54) is 0 Å². The number of carbonyl (C=O) groups excluding carboxylic acids is 1. The largest absolute Gasteiger partial charge is 0.300 e. The summed E-state index contributed by atoms with van der Waals surface area (Å²) in [4.78, 5) is 10.8. The van der Waals surface area contributed by atoms with E-state index in [9.17, 15) is 4.79 Å². The first-order chi connectivity index (χ1) is 5.59. The van der Waals surface area contributed by atoms with Crippen molar-refractivity contribution in [2.24, 2.45) is 0 Å². The molecule has 0 aromatic heterocycles. The van der Waals surface area contributed by atoms with Crippen LogP contribution in [0.3, 0.4) is 0 Å². The smallest absolute Gasteiger partial charge is 0.134 e. The molecule has 0 fully saturated rings. The summed E-state index contributed by atoms with van der Waals surface area (Å²) in [6, 6.07) is 5.71. The van der Waals surface area contributed by atoms with E-state index in [-0.39, 0.29) is 5.78 Å². The van der Waals surface area contributed by atoms with Gasteiger partial charge >= 0.3 is 0 Å². The van der Waals surface area contributed by atoms with E-state index < -0.39 is 0 Å². The quantitative estimate of drug-likeness (QED) is 0.688. The summed E-state index contributed by atoms with van der Waals surface area (Å²) in [5.74, 6) is 0.162. The Morgan fingerprint density at radius 3 is 2.67 bits per heavy atom. The third-order valence-electron chi connectivity index (χ3n) is 1.69. The lowest BCUT2D eigenvalue weighted by Gasteiger charge is -2.00. The third kappa shape index (κ3) is 2.35. The van der Waals surface area contributed by atoms with Crippen LogP contribution in [0.1, 0.15) is 18.1 Å². The van der Waals surface area contributed by atoms with Crippen LogP contribution in [0.2, 0.25) is 5.02 Å². The second-order valence-electron chi connectivity index (χ2n) is 2.96. The van der Waals surface area contributed by atoms with Crippen LogP contribution in [0.25, 0.3) is 0 Å². The molecule has 0 radical (unpaired) electrons. The third-order valence-corrected chi connectivity index (χ3v) is 2.10. The molecule has 0 aliphatic rings. The minimum absolute atomic E-state index is 0.162. The molecule has 0 spiro atoms. The summed E-state index contributed by atoms with van der Waals surface area (Å²) >= 11 is 5.89. The summed E-state index contributed by atoms with van der Waals surface area (Å²) in [5.41, 5.74) is 2.03. The molecule has 12 heavy (non-hydrogen) atoms. The van der Waals surface area contributed by atoms with Crippen molar-refractivity contribution in [1.29, 1.82) is 0 Å².